The first-order valence-corrected chi connectivity index (χ1v) is 5.58. The molecule has 1 fully saturated rings. The van der Waals surface area contributed by atoms with Crippen molar-refractivity contribution in [3.63, 3.8) is 0 Å². The molecule has 0 radical (unpaired) electrons. The van der Waals surface area contributed by atoms with Crippen molar-refractivity contribution in [3.05, 3.63) is 28.3 Å². The van der Waals surface area contributed by atoms with E-state index in [2.05, 4.69) is 10.3 Å². The normalized spacial score (nSPS) is 21.8. The molecule has 0 spiro atoms. The van der Waals surface area contributed by atoms with E-state index in [1.165, 1.54) is 4.90 Å². The average Bonchev–Trinajstić information content (AvgIpc) is 2.60. The molecule has 0 bridgehead atoms. The number of fused-ring (bicyclic) bond motifs is 3. The van der Waals surface area contributed by atoms with Crippen molar-refractivity contribution < 1.29 is 9.90 Å². The molecule has 0 saturated carbocycles. The van der Waals surface area contributed by atoms with Gasteiger partial charge in [0.1, 0.15) is 0 Å². The molecule has 1 atom stereocenters. The summed E-state index contributed by atoms with van der Waals surface area (Å²) in [5, 5.41) is 13.0. The zero-order valence-electron chi connectivity index (χ0n) is 9.07. The molecule has 1 amide bonds. The first kappa shape index (κ1) is 10.6. The van der Waals surface area contributed by atoms with Crippen molar-refractivity contribution in [2.75, 3.05) is 4.90 Å². The van der Waals surface area contributed by atoms with Gasteiger partial charge in [0.2, 0.25) is 12.2 Å². The molecule has 2 aliphatic heterocycles. The number of guanidine groups is 1. The SMILES string of the molecule is Cc1c(Cl)ccc2c1CN=C1NC(=O)C(O)N12. The maximum atomic E-state index is 11.4. The van der Waals surface area contributed by atoms with Crippen LogP contribution in [0, 0.1) is 6.92 Å². The number of carbonyl (C=O) groups is 1. The van der Waals surface area contributed by atoms with Crippen LogP contribution in [0.5, 0.6) is 0 Å². The smallest absolute Gasteiger partial charge is 0.277 e. The molecule has 88 valence electrons. The molecule has 0 aliphatic carbocycles. The molecular weight excluding hydrogens is 242 g/mol. The minimum atomic E-state index is -1.21. The topological polar surface area (TPSA) is 64.9 Å². The summed E-state index contributed by atoms with van der Waals surface area (Å²) in [6.45, 7) is 2.36. The summed E-state index contributed by atoms with van der Waals surface area (Å²) < 4.78 is 0. The molecule has 1 aromatic carbocycles. The minimum Gasteiger partial charge on any atom is -0.365 e. The molecule has 1 saturated heterocycles. The van der Waals surface area contributed by atoms with E-state index in [9.17, 15) is 9.90 Å². The highest BCUT2D eigenvalue weighted by atomic mass is 35.5. The summed E-state index contributed by atoms with van der Waals surface area (Å²) >= 11 is 6.04. The molecule has 17 heavy (non-hydrogen) atoms. The Bertz CT molecular complexity index is 556. The molecular formula is C11H10ClN3O2. The lowest BCUT2D eigenvalue weighted by molar-refractivity contribution is -0.125. The van der Waals surface area contributed by atoms with Crippen LogP contribution >= 0.6 is 11.6 Å². The van der Waals surface area contributed by atoms with Crippen molar-refractivity contribution >= 4 is 29.2 Å². The number of carbonyl (C=O) groups excluding carboxylic acids is 1. The number of halogens is 1. The summed E-state index contributed by atoms with van der Waals surface area (Å²) in [6.07, 6.45) is -1.21. The van der Waals surface area contributed by atoms with Crippen LogP contribution in [-0.4, -0.2) is 23.2 Å². The second-order valence-corrected chi connectivity index (χ2v) is 4.45. The van der Waals surface area contributed by atoms with Gasteiger partial charge in [-0.2, -0.15) is 0 Å². The number of benzene rings is 1. The Morgan fingerprint density at radius 1 is 1.59 bits per heavy atom. The first-order valence-electron chi connectivity index (χ1n) is 5.20. The lowest BCUT2D eigenvalue weighted by Gasteiger charge is -2.27. The van der Waals surface area contributed by atoms with E-state index in [4.69, 9.17) is 11.6 Å². The van der Waals surface area contributed by atoms with E-state index < -0.39 is 12.1 Å². The number of nitrogens with one attached hydrogen (secondary N) is 1. The summed E-state index contributed by atoms with van der Waals surface area (Å²) in [5.74, 6) is -0.0547. The van der Waals surface area contributed by atoms with Gasteiger partial charge in [-0.25, -0.2) is 4.99 Å². The molecule has 6 heteroatoms. The Labute approximate surface area is 103 Å². The van der Waals surface area contributed by atoms with E-state index in [0.29, 0.717) is 17.5 Å². The van der Waals surface area contributed by atoms with E-state index >= 15 is 0 Å². The number of aliphatic hydroxyl groups is 1. The van der Waals surface area contributed by atoms with Gasteiger partial charge < -0.3 is 5.11 Å². The third kappa shape index (κ3) is 1.36. The van der Waals surface area contributed by atoms with Crippen LogP contribution < -0.4 is 10.2 Å². The molecule has 1 unspecified atom stereocenters. The van der Waals surface area contributed by atoms with Crippen molar-refractivity contribution in [2.24, 2.45) is 4.99 Å². The Balaban J connectivity index is 2.18. The van der Waals surface area contributed by atoms with Gasteiger partial charge in [0.15, 0.2) is 0 Å². The first-order chi connectivity index (χ1) is 8.09. The number of rotatable bonds is 0. The largest absolute Gasteiger partial charge is 0.365 e. The number of anilines is 1. The van der Waals surface area contributed by atoms with Crippen molar-refractivity contribution in [1.29, 1.82) is 0 Å². The predicted molar refractivity (Wildman–Crippen MR) is 64.0 cm³/mol. The van der Waals surface area contributed by atoms with Crippen LogP contribution in [0.3, 0.4) is 0 Å². The zero-order chi connectivity index (χ0) is 12.2. The third-order valence-corrected chi connectivity index (χ3v) is 3.51. The van der Waals surface area contributed by atoms with Crippen LogP contribution in [-0.2, 0) is 11.3 Å². The molecule has 2 N–H and O–H groups in total. The van der Waals surface area contributed by atoms with Gasteiger partial charge in [0.25, 0.3) is 5.91 Å². The highest BCUT2D eigenvalue weighted by Crippen LogP contribution is 2.34. The highest BCUT2D eigenvalue weighted by molar-refractivity contribution is 6.31. The van der Waals surface area contributed by atoms with E-state index in [0.717, 1.165) is 16.8 Å². The summed E-state index contributed by atoms with van der Waals surface area (Å²) in [6, 6.07) is 3.55. The zero-order valence-corrected chi connectivity index (χ0v) is 9.82. The number of nitrogens with zero attached hydrogens (tertiary/aromatic N) is 2. The van der Waals surface area contributed by atoms with Gasteiger partial charge in [-0.05, 0) is 24.6 Å². The van der Waals surface area contributed by atoms with Gasteiger partial charge >= 0.3 is 0 Å². The molecule has 5 nitrogen and oxygen atoms in total. The van der Waals surface area contributed by atoms with Crippen molar-refractivity contribution in [1.82, 2.24) is 5.32 Å². The maximum absolute atomic E-state index is 11.4. The maximum Gasteiger partial charge on any atom is 0.277 e. The standard InChI is InChI=1S/C11H10ClN3O2/c1-5-6-4-13-11-14-9(16)10(17)15(11)8(6)3-2-7(5)12/h2-3,10,17H,4H2,1H3,(H,13,14,16). The summed E-state index contributed by atoms with van der Waals surface area (Å²) in [5.41, 5.74) is 2.65. The fourth-order valence-electron chi connectivity index (χ4n) is 2.12. The number of hydrogen-bond acceptors (Lipinski definition) is 4. The Morgan fingerprint density at radius 3 is 3.12 bits per heavy atom. The molecule has 0 aromatic heterocycles. The second-order valence-electron chi connectivity index (χ2n) is 4.04. The molecule has 3 rings (SSSR count). The van der Waals surface area contributed by atoms with Gasteiger partial charge in [0, 0.05) is 10.6 Å². The molecule has 2 heterocycles. The van der Waals surface area contributed by atoms with Crippen LogP contribution in [0.1, 0.15) is 11.1 Å². The Kier molecular flexibility index (Phi) is 2.14. The Hall–Kier alpha value is -1.59. The number of aliphatic hydroxyl groups excluding tert-OH is 1. The predicted octanol–water partition coefficient (Wildman–Crippen LogP) is 0.773. The van der Waals surface area contributed by atoms with Crippen LogP contribution in [0.4, 0.5) is 5.69 Å². The molecule has 2 aliphatic rings. The average molecular weight is 252 g/mol. The van der Waals surface area contributed by atoms with Gasteiger partial charge in [-0.3, -0.25) is 15.0 Å². The highest BCUT2D eigenvalue weighted by Gasteiger charge is 2.39. The third-order valence-electron chi connectivity index (χ3n) is 3.10. The fourth-order valence-corrected chi connectivity index (χ4v) is 2.30. The Morgan fingerprint density at radius 2 is 2.35 bits per heavy atom. The molecule has 1 aromatic rings. The lowest BCUT2D eigenvalue weighted by atomic mass is 10.0. The van der Waals surface area contributed by atoms with E-state index in [1.807, 2.05) is 6.92 Å². The summed E-state index contributed by atoms with van der Waals surface area (Å²) in [7, 11) is 0. The van der Waals surface area contributed by atoms with Crippen LogP contribution in [0.25, 0.3) is 0 Å². The van der Waals surface area contributed by atoms with Crippen molar-refractivity contribution in [3.8, 4) is 0 Å². The van der Waals surface area contributed by atoms with Crippen molar-refractivity contribution in [2.45, 2.75) is 19.7 Å². The number of aliphatic imine (C=N–C) groups is 1. The number of amides is 1. The van der Waals surface area contributed by atoms with Gasteiger partial charge in [-0.1, -0.05) is 11.6 Å². The lowest BCUT2D eigenvalue weighted by Crippen LogP contribution is -2.38. The van der Waals surface area contributed by atoms with Crippen LogP contribution in [0.2, 0.25) is 5.02 Å². The summed E-state index contributed by atoms with van der Waals surface area (Å²) in [4.78, 5) is 17.1. The monoisotopic (exact) mass is 251 g/mol. The fraction of sp³-hybridized carbons (Fsp3) is 0.273. The van der Waals surface area contributed by atoms with Gasteiger partial charge in [-0.15, -0.1) is 0 Å². The minimum absolute atomic E-state index is 0.400. The number of hydrogen-bond donors (Lipinski definition) is 2. The van der Waals surface area contributed by atoms with Gasteiger partial charge in [0.05, 0.1) is 12.2 Å². The van der Waals surface area contributed by atoms with E-state index in [1.54, 1.807) is 12.1 Å². The quantitative estimate of drug-likeness (QED) is 0.716. The van der Waals surface area contributed by atoms with E-state index in [-0.39, 0.29) is 0 Å². The second kappa shape index (κ2) is 3.45. The van der Waals surface area contributed by atoms with Crippen LogP contribution in [0.15, 0.2) is 17.1 Å².